The summed E-state index contributed by atoms with van der Waals surface area (Å²) in [6.07, 6.45) is 2.90. The van der Waals surface area contributed by atoms with Gasteiger partial charge >= 0.3 is 5.97 Å². The maximum Gasteiger partial charge on any atom is 0.343 e. The molecule has 0 amide bonds. The van der Waals surface area contributed by atoms with E-state index in [0.717, 1.165) is 23.3 Å². The van der Waals surface area contributed by atoms with Crippen molar-refractivity contribution in [2.45, 2.75) is 52.6 Å². The molecule has 0 saturated heterocycles. The summed E-state index contributed by atoms with van der Waals surface area (Å²) < 4.78 is 10.6. The van der Waals surface area contributed by atoms with E-state index in [1.54, 1.807) is 20.2 Å². The number of carbonyl (C=O) groups excluding carboxylic acids is 2. The van der Waals surface area contributed by atoms with Gasteiger partial charge in [0.2, 0.25) is 0 Å². The first kappa shape index (κ1) is 18.5. The first-order valence-corrected chi connectivity index (χ1v) is 9.24. The molecule has 0 radical (unpaired) electrons. The lowest BCUT2D eigenvalue weighted by molar-refractivity contribution is -0.140. The van der Waals surface area contributed by atoms with Gasteiger partial charge in [0.05, 0.1) is 19.8 Å². The summed E-state index contributed by atoms with van der Waals surface area (Å²) in [4.78, 5) is 27.0. The molecule has 5 heteroatoms. The van der Waals surface area contributed by atoms with Gasteiger partial charge in [-0.25, -0.2) is 4.79 Å². The molecule has 2 atom stereocenters. The predicted molar refractivity (Wildman–Crippen MR) is 99.0 cm³/mol. The zero-order chi connectivity index (χ0) is 19.0. The van der Waals surface area contributed by atoms with Crippen LogP contribution < -0.4 is 4.74 Å². The van der Waals surface area contributed by atoms with Crippen molar-refractivity contribution < 1.29 is 19.1 Å². The van der Waals surface area contributed by atoms with Crippen LogP contribution in [0.5, 0.6) is 5.75 Å². The van der Waals surface area contributed by atoms with Crippen LogP contribution in [0, 0.1) is 12.8 Å². The van der Waals surface area contributed by atoms with Crippen molar-refractivity contribution >= 4 is 11.8 Å². The summed E-state index contributed by atoms with van der Waals surface area (Å²) in [5.74, 6) is 0.547. The lowest BCUT2D eigenvalue weighted by atomic mass is 9.79. The summed E-state index contributed by atoms with van der Waals surface area (Å²) in [5.41, 5.74) is 3.66. The summed E-state index contributed by atoms with van der Waals surface area (Å²) in [6, 6.07) is 4.40. The Morgan fingerprint density at radius 3 is 2.65 bits per heavy atom. The fraction of sp³-hybridized carbons (Fsp3) is 0.524. The minimum Gasteiger partial charge on any atom is -0.496 e. The predicted octanol–water partition coefficient (Wildman–Crippen LogP) is 3.35. The first-order valence-electron chi connectivity index (χ1n) is 9.24. The lowest BCUT2D eigenvalue weighted by Gasteiger charge is -2.46. The summed E-state index contributed by atoms with van der Waals surface area (Å²) in [5, 5.41) is 0. The second-order valence-corrected chi connectivity index (χ2v) is 7.39. The highest BCUT2D eigenvalue weighted by Gasteiger charge is 2.41. The van der Waals surface area contributed by atoms with Crippen molar-refractivity contribution in [1.29, 1.82) is 0 Å². The molecule has 0 N–H and O–H groups in total. The maximum atomic E-state index is 12.6. The van der Waals surface area contributed by atoms with Gasteiger partial charge in [0, 0.05) is 18.7 Å². The Bertz CT molecular complexity index is 766. The van der Waals surface area contributed by atoms with Gasteiger partial charge < -0.3 is 14.4 Å². The molecule has 2 heterocycles. The monoisotopic (exact) mass is 357 g/mol. The van der Waals surface area contributed by atoms with Crippen molar-refractivity contribution in [2.75, 3.05) is 13.7 Å². The van der Waals surface area contributed by atoms with E-state index >= 15 is 0 Å². The molecule has 3 rings (SSSR count). The minimum atomic E-state index is -0.522. The molecule has 140 valence electrons. The first-order chi connectivity index (χ1) is 12.4. The zero-order valence-corrected chi connectivity index (χ0v) is 16.2. The molecule has 0 aliphatic carbocycles. The number of hydrogen-bond donors (Lipinski definition) is 0. The van der Waals surface area contributed by atoms with Gasteiger partial charge in [-0.2, -0.15) is 0 Å². The summed E-state index contributed by atoms with van der Waals surface area (Å²) in [6.45, 7) is 8.41. The van der Waals surface area contributed by atoms with Gasteiger partial charge in [-0.15, -0.1) is 0 Å². The number of carbonyl (C=O) groups is 2. The van der Waals surface area contributed by atoms with Crippen LogP contribution in [0.3, 0.4) is 0 Å². The number of nitrogens with zero attached hydrogens (tertiary/aromatic N) is 1. The second-order valence-electron chi connectivity index (χ2n) is 7.39. The average Bonchev–Trinajstić information content (AvgIpc) is 2.59. The van der Waals surface area contributed by atoms with Gasteiger partial charge in [-0.3, -0.25) is 4.79 Å². The van der Waals surface area contributed by atoms with Crippen LogP contribution in [0.4, 0.5) is 0 Å². The molecule has 1 aromatic rings. The number of esters is 1. The topological polar surface area (TPSA) is 55.8 Å². The molecule has 1 aromatic carbocycles. The smallest absolute Gasteiger partial charge is 0.343 e. The average molecular weight is 357 g/mol. The number of ether oxygens (including phenoxy) is 2. The summed E-state index contributed by atoms with van der Waals surface area (Å²) in [7, 11) is 1.66. The number of aryl methyl sites for hydroxylation is 1. The lowest BCUT2D eigenvalue weighted by Crippen LogP contribution is -2.47. The molecule has 2 aliphatic heterocycles. The van der Waals surface area contributed by atoms with Gasteiger partial charge in [0.1, 0.15) is 11.3 Å². The van der Waals surface area contributed by atoms with E-state index in [4.69, 9.17) is 9.47 Å². The van der Waals surface area contributed by atoms with Crippen LogP contribution in [0.15, 0.2) is 23.9 Å². The molecular weight excluding hydrogens is 330 g/mol. The van der Waals surface area contributed by atoms with Crippen LogP contribution in [0.2, 0.25) is 0 Å². The van der Waals surface area contributed by atoms with E-state index in [1.807, 2.05) is 6.92 Å². The molecule has 0 spiro atoms. The number of ketones is 1. The minimum absolute atomic E-state index is 0.0636. The highest BCUT2D eigenvalue weighted by molar-refractivity contribution is 6.17. The number of fused-ring (bicyclic) bond motifs is 3. The molecule has 5 nitrogen and oxygen atoms in total. The molecule has 26 heavy (non-hydrogen) atoms. The van der Waals surface area contributed by atoms with Crippen molar-refractivity contribution in [1.82, 2.24) is 4.90 Å². The van der Waals surface area contributed by atoms with Crippen LogP contribution >= 0.6 is 0 Å². The number of Topliss-reactive ketones (excluding diaryl/α,β-unsaturated/α-hetero) is 1. The maximum absolute atomic E-state index is 12.6. The second kappa shape index (κ2) is 7.14. The third kappa shape index (κ3) is 3.11. The van der Waals surface area contributed by atoms with Crippen molar-refractivity contribution in [2.24, 2.45) is 5.92 Å². The van der Waals surface area contributed by atoms with Crippen LogP contribution in [-0.2, 0) is 20.7 Å². The zero-order valence-electron chi connectivity index (χ0n) is 16.2. The normalized spacial score (nSPS) is 21.8. The van der Waals surface area contributed by atoms with E-state index in [0.29, 0.717) is 5.92 Å². The fourth-order valence-electron chi connectivity index (χ4n) is 4.06. The Kier molecular flexibility index (Phi) is 5.08. The molecule has 0 fully saturated rings. The molecule has 1 unspecified atom stereocenters. The standard InChI is InChI=1S/C21H27NO4/c1-6-26-21(24)16-11-22-17(12(2)3)8-14-7-13(4)20(25-5)9-15(14)18(22)10-19(16)23/h7,9,11-12,17-18H,6,8,10H2,1-5H3/t17-,18?/m0/s1. The van der Waals surface area contributed by atoms with Crippen molar-refractivity contribution in [3.63, 3.8) is 0 Å². The summed E-state index contributed by atoms with van der Waals surface area (Å²) >= 11 is 0. The van der Waals surface area contributed by atoms with Gasteiger partial charge in [-0.1, -0.05) is 19.9 Å². The van der Waals surface area contributed by atoms with Crippen LogP contribution in [0.25, 0.3) is 0 Å². The third-order valence-electron chi connectivity index (χ3n) is 5.41. The molecule has 0 saturated carbocycles. The quantitative estimate of drug-likeness (QED) is 0.611. The Morgan fingerprint density at radius 1 is 1.31 bits per heavy atom. The molecule has 0 aromatic heterocycles. The number of rotatable bonds is 4. The highest BCUT2D eigenvalue weighted by Crippen LogP contribution is 2.43. The Balaban J connectivity index is 2.09. The largest absolute Gasteiger partial charge is 0.496 e. The number of benzene rings is 1. The Morgan fingerprint density at radius 2 is 2.04 bits per heavy atom. The van der Waals surface area contributed by atoms with Gasteiger partial charge in [-0.05, 0) is 48.9 Å². The van der Waals surface area contributed by atoms with Crippen LogP contribution in [0.1, 0.15) is 49.9 Å². The van der Waals surface area contributed by atoms with Gasteiger partial charge in [0.15, 0.2) is 5.78 Å². The van der Waals surface area contributed by atoms with E-state index in [9.17, 15) is 9.59 Å². The third-order valence-corrected chi connectivity index (χ3v) is 5.41. The van der Waals surface area contributed by atoms with Crippen LogP contribution in [-0.4, -0.2) is 36.4 Å². The van der Waals surface area contributed by atoms with E-state index < -0.39 is 5.97 Å². The fourth-order valence-corrected chi connectivity index (χ4v) is 4.06. The Labute approximate surface area is 155 Å². The van der Waals surface area contributed by atoms with Gasteiger partial charge in [0.25, 0.3) is 0 Å². The highest BCUT2D eigenvalue weighted by atomic mass is 16.5. The van der Waals surface area contributed by atoms with E-state index in [1.165, 1.54) is 5.56 Å². The SMILES string of the molecule is CCOC(=O)C1=CN2C(CC1=O)c1cc(OC)c(C)cc1C[C@H]2C(C)C. The number of methoxy groups -OCH3 is 1. The number of hydrogen-bond acceptors (Lipinski definition) is 5. The molecular formula is C21H27NO4. The van der Waals surface area contributed by atoms with E-state index in [-0.39, 0.29) is 36.5 Å². The molecule has 0 bridgehead atoms. The van der Waals surface area contributed by atoms with E-state index in [2.05, 4.69) is 30.9 Å². The Hall–Kier alpha value is -2.30. The van der Waals surface area contributed by atoms with Crippen molar-refractivity contribution in [3.8, 4) is 5.75 Å². The molecule has 2 aliphatic rings. The van der Waals surface area contributed by atoms with Crippen molar-refractivity contribution in [3.05, 3.63) is 40.6 Å².